The van der Waals surface area contributed by atoms with E-state index in [1.54, 1.807) is 16.9 Å². The van der Waals surface area contributed by atoms with Gasteiger partial charge >= 0.3 is 0 Å². The van der Waals surface area contributed by atoms with Gasteiger partial charge in [-0.1, -0.05) is 35.5 Å². The lowest BCUT2D eigenvalue weighted by Gasteiger charge is -2.16. The van der Waals surface area contributed by atoms with Crippen molar-refractivity contribution in [3.8, 4) is 6.07 Å². The number of thiophene rings is 1. The fraction of sp³-hybridized carbons (Fsp3) is 0.263. The third-order valence-electron chi connectivity index (χ3n) is 4.61. The van der Waals surface area contributed by atoms with Gasteiger partial charge in [-0.3, -0.25) is 4.79 Å². The van der Waals surface area contributed by atoms with Gasteiger partial charge in [-0.2, -0.15) is 16.6 Å². The van der Waals surface area contributed by atoms with Gasteiger partial charge in [0.05, 0.1) is 23.9 Å². The van der Waals surface area contributed by atoms with Crippen LogP contribution in [-0.2, 0) is 12.0 Å². The van der Waals surface area contributed by atoms with Crippen molar-refractivity contribution in [1.82, 2.24) is 20.3 Å². The van der Waals surface area contributed by atoms with E-state index in [4.69, 9.17) is 0 Å². The van der Waals surface area contributed by atoms with Crippen molar-refractivity contribution in [2.24, 2.45) is 0 Å². The van der Waals surface area contributed by atoms with Gasteiger partial charge in [0, 0.05) is 5.38 Å². The van der Waals surface area contributed by atoms with Gasteiger partial charge < -0.3 is 5.32 Å². The Morgan fingerprint density at radius 2 is 2.15 bits per heavy atom. The topological polar surface area (TPSA) is 83.6 Å². The van der Waals surface area contributed by atoms with Crippen molar-refractivity contribution < 1.29 is 4.79 Å². The number of benzene rings is 1. The maximum atomic E-state index is 12.5. The Labute approximate surface area is 155 Å². The third-order valence-corrected chi connectivity index (χ3v) is 5.29. The summed E-state index contributed by atoms with van der Waals surface area (Å²) in [5, 5.41) is 24.5. The van der Waals surface area contributed by atoms with E-state index in [-0.39, 0.29) is 11.9 Å². The number of nitrogens with one attached hydrogen (secondary N) is 1. The van der Waals surface area contributed by atoms with Gasteiger partial charge in [-0.05, 0) is 36.3 Å². The predicted molar refractivity (Wildman–Crippen MR) is 97.5 cm³/mol. The number of amides is 1. The van der Waals surface area contributed by atoms with Gasteiger partial charge in [-0.15, -0.1) is 5.10 Å². The highest BCUT2D eigenvalue weighted by Crippen LogP contribution is 2.42. The van der Waals surface area contributed by atoms with Gasteiger partial charge in [0.2, 0.25) is 0 Å². The fourth-order valence-corrected chi connectivity index (χ4v) is 3.51. The van der Waals surface area contributed by atoms with Crippen LogP contribution in [0.3, 0.4) is 0 Å². The number of carbonyl (C=O) groups is 1. The molecule has 26 heavy (non-hydrogen) atoms. The van der Waals surface area contributed by atoms with Crippen LogP contribution >= 0.6 is 11.3 Å². The molecule has 0 spiro atoms. The minimum absolute atomic E-state index is 0.136. The lowest BCUT2D eigenvalue weighted by atomic mass is 10.0. The molecular weight excluding hydrogens is 346 g/mol. The Balaban J connectivity index is 1.60. The molecule has 7 heteroatoms. The normalized spacial score (nSPS) is 15.8. The Morgan fingerprint density at radius 3 is 2.81 bits per heavy atom. The fourth-order valence-electron chi connectivity index (χ4n) is 2.87. The second-order valence-electron chi connectivity index (χ2n) is 6.46. The van der Waals surface area contributed by atoms with Crippen LogP contribution in [0, 0.1) is 11.3 Å². The van der Waals surface area contributed by atoms with E-state index in [1.807, 2.05) is 41.1 Å². The largest absolute Gasteiger partial charge is 0.343 e. The molecule has 3 aromatic rings. The van der Waals surface area contributed by atoms with Crippen molar-refractivity contribution in [1.29, 1.82) is 5.26 Å². The predicted octanol–water partition coefficient (Wildman–Crippen LogP) is 3.07. The Kier molecular flexibility index (Phi) is 4.27. The van der Waals surface area contributed by atoms with Crippen LogP contribution in [0.2, 0.25) is 0 Å². The first-order valence-electron chi connectivity index (χ1n) is 8.41. The molecule has 0 radical (unpaired) electrons. The molecule has 2 heterocycles. The van der Waals surface area contributed by atoms with Gasteiger partial charge in [-0.25, -0.2) is 4.68 Å². The smallest absolute Gasteiger partial charge is 0.252 e. The minimum Gasteiger partial charge on any atom is -0.343 e. The monoisotopic (exact) mass is 363 g/mol. The van der Waals surface area contributed by atoms with Gasteiger partial charge in [0.15, 0.2) is 5.54 Å². The summed E-state index contributed by atoms with van der Waals surface area (Å²) in [6.45, 7) is 0. The number of hydrogen-bond acceptors (Lipinski definition) is 5. The summed E-state index contributed by atoms with van der Waals surface area (Å²) >= 11 is 1.48. The minimum atomic E-state index is -0.556. The number of carbonyl (C=O) groups excluding carboxylic acids is 1. The number of hydrogen-bond donors (Lipinski definition) is 1. The van der Waals surface area contributed by atoms with E-state index >= 15 is 0 Å². The van der Waals surface area contributed by atoms with Crippen LogP contribution in [0.1, 0.15) is 40.5 Å². The highest BCUT2D eigenvalue weighted by atomic mass is 32.1. The zero-order valence-corrected chi connectivity index (χ0v) is 14.8. The quantitative estimate of drug-likeness (QED) is 0.729. The van der Waals surface area contributed by atoms with Crippen molar-refractivity contribution in [3.05, 3.63) is 70.2 Å². The Bertz CT molecular complexity index is 938. The highest BCUT2D eigenvalue weighted by molar-refractivity contribution is 7.08. The molecule has 0 aliphatic heterocycles. The summed E-state index contributed by atoms with van der Waals surface area (Å²) in [7, 11) is 0. The molecule has 0 unspecified atom stereocenters. The second-order valence-corrected chi connectivity index (χ2v) is 7.24. The first-order valence-corrected chi connectivity index (χ1v) is 9.35. The average molecular weight is 363 g/mol. The Hall–Kier alpha value is -2.98. The molecule has 1 aliphatic rings. The van der Waals surface area contributed by atoms with Crippen LogP contribution in [0.5, 0.6) is 0 Å². The Morgan fingerprint density at radius 1 is 1.35 bits per heavy atom. The maximum absolute atomic E-state index is 12.5. The summed E-state index contributed by atoms with van der Waals surface area (Å²) in [5.41, 5.74) is 1.84. The van der Waals surface area contributed by atoms with Crippen molar-refractivity contribution in [3.63, 3.8) is 0 Å². The summed E-state index contributed by atoms with van der Waals surface area (Å²) < 4.78 is 1.64. The molecule has 4 rings (SSSR count). The second kappa shape index (κ2) is 6.73. The lowest BCUT2D eigenvalue weighted by Crippen LogP contribution is -2.30. The van der Waals surface area contributed by atoms with E-state index in [0.717, 1.165) is 18.4 Å². The number of rotatable bonds is 6. The molecule has 1 aromatic carbocycles. The van der Waals surface area contributed by atoms with Crippen molar-refractivity contribution in [2.45, 2.75) is 30.8 Å². The van der Waals surface area contributed by atoms with E-state index < -0.39 is 5.54 Å². The molecule has 130 valence electrons. The molecule has 1 atom stereocenters. The first kappa shape index (κ1) is 16.5. The molecule has 1 saturated carbocycles. The van der Waals surface area contributed by atoms with E-state index in [2.05, 4.69) is 21.7 Å². The van der Waals surface area contributed by atoms with Gasteiger partial charge in [0.25, 0.3) is 5.91 Å². The molecule has 1 fully saturated rings. The molecule has 0 saturated heterocycles. The molecule has 1 amide bonds. The van der Waals surface area contributed by atoms with Crippen LogP contribution in [0.4, 0.5) is 0 Å². The zero-order valence-electron chi connectivity index (χ0n) is 14.0. The average Bonchev–Trinajstić information content (AvgIpc) is 3.08. The molecule has 0 bridgehead atoms. The number of nitrogens with zero attached hydrogens (tertiary/aromatic N) is 4. The SMILES string of the molecule is N#CC1(n2cc([C@H](Cc3ccccc3)NC(=O)c3ccsc3)nn2)CC1. The number of nitriles is 1. The van der Waals surface area contributed by atoms with Crippen LogP contribution in [-0.4, -0.2) is 20.9 Å². The van der Waals surface area contributed by atoms with E-state index in [1.165, 1.54) is 11.3 Å². The lowest BCUT2D eigenvalue weighted by molar-refractivity contribution is 0.0936. The first-order chi connectivity index (χ1) is 12.7. The van der Waals surface area contributed by atoms with Crippen LogP contribution < -0.4 is 5.32 Å². The molecular formula is C19H17N5OS. The molecule has 1 aliphatic carbocycles. The molecule has 2 aromatic heterocycles. The standard InChI is InChI=1S/C19H17N5OS/c20-13-19(7-8-19)24-11-17(22-23-24)16(10-14-4-2-1-3-5-14)21-18(25)15-6-9-26-12-15/h1-6,9,11-12,16H,7-8,10H2,(H,21,25)/t16-/m0/s1. The van der Waals surface area contributed by atoms with Crippen molar-refractivity contribution >= 4 is 17.2 Å². The third kappa shape index (κ3) is 3.24. The molecule has 6 nitrogen and oxygen atoms in total. The summed E-state index contributed by atoms with van der Waals surface area (Å²) in [4.78, 5) is 12.5. The maximum Gasteiger partial charge on any atom is 0.252 e. The zero-order chi connectivity index (χ0) is 18.0. The summed E-state index contributed by atoms with van der Waals surface area (Å²) in [5.74, 6) is -0.136. The van der Waals surface area contributed by atoms with E-state index in [0.29, 0.717) is 17.7 Å². The number of aromatic nitrogens is 3. The van der Waals surface area contributed by atoms with Crippen molar-refractivity contribution in [2.75, 3.05) is 0 Å². The highest BCUT2D eigenvalue weighted by Gasteiger charge is 2.46. The molecule has 1 N–H and O–H groups in total. The van der Waals surface area contributed by atoms with E-state index in [9.17, 15) is 10.1 Å². The van der Waals surface area contributed by atoms with Gasteiger partial charge in [0.1, 0.15) is 5.69 Å². The summed E-state index contributed by atoms with van der Waals surface area (Å²) in [6, 6.07) is 13.7. The van der Waals surface area contributed by atoms with Crippen LogP contribution in [0.25, 0.3) is 0 Å². The van der Waals surface area contributed by atoms with Crippen LogP contribution in [0.15, 0.2) is 53.4 Å². The summed E-state index contributed by atoms with van der Waals surface area (Å²) in [6.07, 6.45) is 3.97.